The molecular weight excluding hydrogens is 334 g/mol. The number of nitrogens with zero attached hydrogens (tertiary/aromatic N) is 1. The Kier molecular flexibility index (Phi) is 6.10. The Labute approximate surface area is 156 Å². The van der Waals surface area contributed by atoms with Crippen molar-refractivity contribution in [3.8, 4) is 0 Å². The molecule has 1 atom stereocenters. The van der Waals surface area contributed by atoms with Gasteiger partial charge >= 0.3 is 0 Å². The fourth-order valence-electron chi connectivity index (χ4n) is 3.64. The Morgan fingerprint density at radius 2 is 2.12 bits per heavy atom. The fraction of sp³-hybridized carbons (Fsp3) is 0.571. The zero-order chi connectivity index (χ0) is 17.0. The summed E-state index contributed by atoms with van der Waals surface area (Å²) in [7, 11) is 0. The largest absolute Gasteiger partial charge is 0.277 e. The van der Waals surface area contributed by atoms with E-state index in [0.29, 0.717) is 0 Å². The average molecular weight is 362 g/mol. The third-order valence-electron chi connectivity index (χ3n) is 5.29. The lowest BCUT2D eigenvalue weighted by Gasteiger charge is -2.28. The van der Waals surface area contributed by atoms with Gasteiger partial charge in [0.1, 0.15) is 0 Å². The van der Waals surface area contributed by atoms with E-state index < -0.39 is 0 Å². The summed E-state index contributed by atoms with van der Waals surface area (Å²) in [4.78, 5) is 6.78. The van der Waals surface area contributed by atoms with Crippen LogP contribution in [0, 0.1) is 0 Å². The average Bonchev–Trinajstić information content (AvgIpc) is 2.78. The van der Waals surface area contributed by atoms with Crippen molar-refractivity contribution in [2.24, 2.45) is 4.99 Å². The van der Waals surface area contributed by atoms with Crippen LogP contribution >= 0.6 is 23.4 Å². The molecule has 1 aromatic rings. The summed E-state index contributed by atoms with van der Waals surface area (Å²) in [6.45, 7) is 4.57. The highest BCUT2D eigenvalue weighted by atomic mass is 35.5. The normalized spacial score (nSPS) is 24.0. The van der Waals surface area contributed by atoms with E-state index in [2.05, 4.69) is 32.1 Å². The maximum atomic E-state index is 6.34. The highest BCUT2D eigenvalue weighted by Gasteiger charge is 2.32. The Morgan fingerprint density at radius 1 is 1.25 bits per heavy atom. The zero-order valence-corrected chi connectivity index (χ0v) is 16.5. The molecule has 130 valence electrons. The molecule has 0 fully saturated rings. The number of thioether (sulfide) groups is 1. The lowest BCUT2D eigenvalue weighted by molar-refractivity contribution is 0.415. The summed E-state index contributed by atoms with van der Waals surface area (Å²) in [6.07, 6.45) is 12.1. The predicted octanol–water partition coefficient (Wildman–Crippen LogP) is 7.07. The summed E-state index contributed by atoms with van der Waals surface area (Å²) in [5, 5.41) is 0.816. The van der Waals surface area contributed by atoms with Crippen molar-refractivity contribution in [2.45, 2.75) is 75.6 Å². The first-order chi connectivity index (χ1) is 11.7. The quantitative estimate of drug-likeness (QED) is 0.546. The molecule has 0 saturated carbocycles. The minimum Gasteiger partial charge on any atom is -0.277 e. The molecule has 1 heterocycles. The topological polar surface area (TPSA) is 12.4 Å². The molecule has 24 heavy (non-hydrogen) atoms. The second-order valence-electron chi connectivity index (χ2n) is 7.05. The van der Waals surface area contributed by atoms with E-state index >= 15 is 0 Å². The van der Waals surface area contributed by atoms with E-state index in [1.807, 2.05) is 17.8 Å². The van der Waals surface area contributed by atoms with Crippen LogP contribution in [-0.2, 0) is 0 Å². The van der Waals surface area contributed by atoms with Gasteiger partial charge in [-0.25, -0.2) is 0 Å². The standard InChI is InChI=1S/C21H28ClNS/c1-3-5-13-21(4-2)15-24-19-12-11-17(22)14-18(19)20(23-21)16-9-7-6-8-10-16/h9,11-12,14H,3-8,10,13,15H2,1-2H3. The highest BCUT2D eigenvalue weighted by Crippen LogP contribution is 2.40. The van der Waals surface area contributed by atoms with Gasteiger partial charge in [0.2, 0.25) is 0 Å². The van der Waals surface area contributed by atoms with E-state index in [0.717, 1.165) is 23.6 Å². The third-order valence-corrected chi connectivity index (χ3v) is 6.87. The van der Waals surface area contributed by atoms with E-state index in [1.54, 1.807) is 0 Å². The molecule has 2 aliphatic rings. The number of rotatable bonds is 5. The third kappa shape index (κ3) is 3.91. The smallest absolute Gasteiger partial charge is 0.0706 e. The summed E-state index contributed by atoms with van der Waals surface area (Å²) in [6, 6.07) is 6.34. The van der Waals surface area contributed by atoms with Crippen LogP contribution in [0.4, 0.5) is 0 Å². The summed E-state index contributed by atoms with van der Waals surface area (Å²) in [5.41, 5.74) is 4.00. The number of hydrogen-bond donors (Lipinski definition) is 0. The van der Waals surface area contributed by atoms with Crippen LogP contribution in [0.25, 0.3) is 0 Å². The van der Waals surface area contributed by atoms with Crippen molar-refractivity contribution >= 4 is 29.1 Å². The number of allylic oxidation sites excluding steroid dienone is 2. The van der Waals surface area contributed by atoms with Gasteiger partial charge in [-0.2, -0.15) is 0 Å². The van der Waals surface area contributed by atoms with Gasteiger partial charge in [-0.05, 0) is 62.3 Å². The second-order valence-corrected chi connectivity index (χ2v) is 8.50. The molecule has 3 rings (SSSR count). The SMILES string of the molecule is CCCCC1(CC)CSc2ccc(Cl)cc2C(C2=CCCCC2)=N1. The lowest BCUT2D eigenvalue weighted by Crippen LogP contribution is -2.30. The van der Waals surface area contributed by atoms with Crippen LogP contribution < -0.4 is 0 Å². The Morgan fingerprint density at radius 3 is 2.83 bits per heavy atom. The molecule has 1 unspecified atom stereocenters. The molecule has 0 spiro atoms. The first-order valence-corrected chi connectivity index (χ1v) is 10.8. The molecule has 0 radical (unpaired) electrons. The van der Waals surface area contributed by atoms with Crippen LogP contribution in [0.15, 0.2) is 39.7 Å². The summed E-state index contributed by atoms with van der Waals surface area (Å²) in [5.74, 6) is 1.08. The lowest BCUT2D eigenvalue weighted by atomic mass is 9.88. The second kappa shape index (κ2) is 8.10. The van der Waals surface area contributed by atoms with E-state index in [9.17, 15) is 0 Å². The summed E-state index contributed by atoms with van der Waals surface area (Å²) >= 11 is 8.31. The Balaban J connectivity index is 2.09. The first kappa shape index (κ1) is 18.1. The Bertz CT molecular complexity index is 649. The summed E-state index contributed by atoms with van der Waals surface area (Å²) < 4.78 is 0. The van der Waals surface area contributed by atoms with Gasteiger partial charge in [0.05, 0.1) is 11.3 Å². The Hall–Kier alpha value is -0.730. The van der Waals surface area contributed by atoms with Gasteiger partial charge in [-0.1, -0.05) is 44.4 Å². The van der Waals surface area contributed by atoms with E-state index in [-0.39, 0.29) is 5.54 Å². The van der Waals surface area contributed by atoms with Crippen LogP contribution in [0.2, 0.25) is 5.02 Å². The maximum absolute atomic E-state index is 6.34. The number of benzene rings is 1. The molecule has 0 saturated heterocycles. The number of fused-ring (bicyclic) bond motifs is 1. The number of aliphatic imine (C=N–C) groups is 1. The molecule has 0 N–H and O–H groups in total. The van der Waals surface area contributed by atoms with Crippen molar-refractivity contribution in [1.82, 2.24) is 0 Å². The number of hydrogen-bond acceptors (Lipinski definition) is 2. The van der Waals surface area contributed by atoms with E-state index in [4.69, 9.17) is 16.6 Å². The van der Waals surface area contributed by atoms with Crippen LogP contribution in [0.1, 0.15) is 70.8 Å². The monoisotopic (exact) mass is 361 g/mol. The minimum atomic E-state index is 0.0692. The molecule has 0 amide bonds. The van der Waals surface area contributed by atoms with E-state index in [1.165, 1.54) is 60.3 Å². The highest BCUT2D eigenvalue weighted by molar-refractivity contribution is 7.99. The van der Waals surface area contributed by atoms with Crippen molar-refractivity contribution in [3.63, 3.8) is 0 Å². The molecule has 1 aliphatic carbocycles. The fourth-order valence-corrected chi connectivity index (χ4v) is 5.13. The van der Waals surface area contributed by atoms with Gasteiger partial charge in [-0.15, -0.1) is 11.8 Å². The molecule has 0 aromatic heterocycles. The zero-order valence-electron chi connectivity index (χ0n) is 14.9. The van der Waals surface area contributed by atoms with Crippen molar-refractivity contribution in [2.75, 3.05) is 5.75 Å². The minimum absolute atomic E-state index is 0.0692. The van der Waals surface area contributed by atoms with Gasteiger partial charge < -0.3 is 0 Å². The van der Waals surface area contributed by atoms with Gasteiger partial charge in [0.15, 0.2) is 0 Å². The molecule has 1 aliphatic heterocycles. The van der Waals surface area contributed by atoms with Crippen molar-refractivity contribution < 1.29 is 0 Å². The van der Waals surface area contributed by atoms with Crippen LogP contribution in [0.5, 0.6) is 0 Å². The van der Waals surface area contributed by atoms with Crippen LogP contribution in [0.3, 0.4) is 0 Å². The first-order valence-electron chi connectivity index (χ1n) is 9.39. The predicted molar refractivity (Wildman–Crippen MR) is 108 cm³/mol. The molecular formula is C21H28ClNS. The van der Waals surface area contributed by atoms with Crippen molar-refractivity contribution in [1.29, 1.82) is 0 Å². The molecule has 3 heteroatoms. The van der Waals surface area contributed by atoms with Gasteiger partial charge in [-0.3, -0.25) is 4.99 Å². The molecule has 0 bridgehead atoms. The maximum Gasteiger partial charge on any atom is 0.0706 e. The van der Waals surface area contributed by atoms with Crippen LogP contribution in [-0.4, -0.2) is 17.0 Å². The van der Waals surface area contributed by atoms with Gasteiger partial charge in [0.25, 0.3) is 0 Å². The van der Waals surface area contributed by atoms with Gasteiger partial charge in [0, 0.05) is 21.2 Å². The molecule has 1 aromatic carbocycles. The van der Waals surface area contributed by atoms with Crippen molar-refractivity contribution in [3.05, 3.63) is 40.4 Å². The molecule has 1 nitrogen and oxygen atoms in total. The number of unbranched alkanes of at least 4 members (excludes halogenated alkanes) is 1. The number of halogens is 1.